The van der Waals surface area contributed by atoms with Crippen molar-refractivity contribution in [3.63, 3.8) is 0 Å². The number of hydrogen-bond acceptors (Lipinski definition) is 3. The second-order valence-electron chi connectivity index (χ2n) is 7.08. The fourth-order valence-electron chi connectivity index (χ4n) is 3.35. The van der Waals surface area contributed by atoms with E-state index in [1.165, 1.54) is 51.6 Å². The van der Waals surface area contributed by atoms with Gasteiger partial charge in [0.1, 0.15) is 0 Å². The van der Waals surface area contributed by atoms with Crippen LogP contribution in [0.3, 0.4) is 0 Å². The number of hydrogen-bond donors (Lipinski definition) is 1. The number of ether oxygens (including phenoxy) is 1. The Labute approximate surface area is 118 Å². The molecule has 3 rings (SSSR count). The van der Waals surface area contributed by atoms with Crippen LogP contribution in [0.25, 0.3) is 0 Å². The van der Waals surface area contributed by atoms with Gasteiger partial charge in [0, 0.05) is 37.7 Å². The van der Waals surface area contributed by atoms with Crippen molar-refractivity contribution in [2.24, 2.45) is 11.3 Å². The van der Waals surface area contributed by atoms with Crippen molar-refractivity contribution in [2.75, 3.05) is 39.4 Å². The number of nitrogens with one attached hydrogen (secondary N) is 1. The highest BCUT2D eigenvalue weighted by Gasteiger charge is 2.41. The van der Waals surface area contributed by atoms with E-state index < -0.39 is 0 Å². The Morgan fingerprint density at radius 1 is 1.26 bits per heavy atom. The minimum atomic E-state index is 0.395. The van der Waals surface area contributed by atoms with E-state index in [0.29, 0.717) is 5.41 Å². The summed E-state index contributed by atoms with van der Waals surface area (Å²) in [5.41, 5.74) is 0.395. The fourth-order valence-corrected chi connectivity index (χ4v) is 3.35. The van der Waals surface area contributed by atoms with Crippen LogP contribution < -0.4 is 5.32 Å². The van der Waals surface area contributed by atoms with Gasteiger partial charge in [0.25, 0.3) is 0 Å². The van der Waals surface area contributed by atoms with Gasteiger partial charge in [0.2, 0.25) is 0 Å². The molecule has 1 N–H and O–H groups in total. The summed E-state index contributed by atoms with van der Waals surface area (Å²) in [6.07, 6.45) is 8.29. The third-order valence-electron chi connectivity index (χ3n) is 4.90. The van der Waals surface area contributed by atoms with E-state index in [1.807, 2.05) is 0 Å². The Kier molecular flexibility index (Phi) is 4.45. The highest BCUT2D eigenvalue weighted by atomic mass is 16.5. The van der Waals surface area contributed by atoms with Crippen molar-refractivity contribution in [2.45, 2.75) is 51.5 Å². The Balaban J connectivity index is 1.55. The Hall–Kier alpha value is -0.120. The molecule has 2 aliphatic carbocycles. The molecular formula is C16H30N2O. The van der Waals surface area contributed by atoms with Gasteiger partial charge < -0.3 is 10.1 Å². The smallest absolute Gasteiger partial charge is 0.0547 e. The lowest BCUT2D eigenvalue weighted by Crippen LogP contribution is -2.46. The maximum Gasteiger partial charge on any atom is 0.0547 e. The molecule has 1 heterocycles. The molecule has 3 nitrogen and oxygen atoms in total. The summed E-state index contributed by atoms with van der Waals surface area (Å²) in [6.45, 7) is 9.11. The van der Waals surface area contributed by atoms with Gasteiger partial charge in [-0.2, -0.15) is 0 Å². The van der Waals surface area contributed by atoms with Crippen LogP contribution in [0.2, 0.25) is 0 Å². The average molecular weight is 266 g/mol. The summed E-state index contributed by atoms with van der Waals surface area (Å²) in [7, 11) is 0. The van der Waals surface area contributed by atoms with Crippen molar-refractivity contribution in [3.05, 3.63) is 0 Å². The normalized spacial score (nSPS) is 31.3. The first-order valence-electron chi connectivity index (χ1n) is 8.34. The van der Waals surface area contributed by atoms with Gasteiger partial charge >= 0.3 is 0 Å². The molecule has 0 spiro atoms. The summed E-state index contributed by atoms with van der Waals surface area (Å²) < 4.78 is 5.75. The second kappa shape index (κ2) is 6.11. The average Bonchev–Trinajstić information content (AvgIpc) is 3.30. The molecule has 0 aromatic carbocycles. The molecular weight excluding hydrogens is 236 g/mol. The minimum Gasteiger partial charge on any atom is -0.381 e. The van der Waals surface area contributed by atoms with Gasteiger partial charge in [-0.05, 0) is 51.0 Å². The fraction of sp³-hybridized carbons (Fsp3) is 1.00. The first kappa shape index (κ1) is 13.8. The molecule has 1 aliphatic heterocycles. The summed E-state index contributed by atoms with van der Waals surface area (Å²) >= 11 is 0. The molecule has 1 saturated heterocycles. The van der Waals surface area contributed by atoms with E-state index in [1.54, 1.807) is 0 Å². The van der Waals surface area contributed by atoms with Gasteiger partial charge in [0.15, 0.2) is 0 Å². The molecule has 3 aliphatic rings. The summed E-state index contributed by atoms with van der Waals surface area (Å²) in [5.74, 6) is 1.02. The summed E-state index contributed by atoms with van der Waals surface area (Å²) in [5, 5.41) is 3.64. The minimum absolute atomic E-state index is 0.395. The predicted molar refractivity (Wildman–Crippen MR) is 78.3 cm³/mol. The van der Waals surface area contributed by atoms with Crippen LogP contribution in [0.4, 0.5) is 0 Å². The van der Waals surface area contributed by atoms with Gasteiger partial charge in [-0.3, -0.25) is 4.90 Å². The third kappa shape index (κ3) is 3.93. The predicted octanol–water partition coefficient (Wildman–Crippen LogP) is 2.27. The van der Waals surface area contributed by atoms with E-state index in [9.17, 15) is 0 Å². The van der Waals surface area contributed by atoms with E-state index in [-0.39, 0.29) is 0 Å². The Morgan fingerprint density at radius 3 is 2.68 bits per heavy atom. The van der Waals surface area contributed by atoms with Gasteiger partial charge in [-0.15, -0.1) is 0 Å². The van der Waals surface area contributed by atoms with Crippen molar-refractivity contribution >= 4 is 0 Å². The highest BCUT2D eigenvalue weighted by Crippen LogP contribution is 2.38. The molecule has 1 unspecified atom stereocenters. The van der Waals surface area contributed by atoms with Crippen LogP contribution in [-0.2, 0) is 4.74 Å². The van der Waals surface area contributed by atoms with Crippen LogP contribution >= 0.6 is 0 Å². The molecule has 0 aromatic rings. The van der Waals surface area contributed by atoms with Crippen LogP contribution in [0.5, 0.6) is 0 Å². The van der Waals surface area contributed by atoms with Crippen molar-refractivity contribution in [1.82, 2.24) is 10.2 Å². The van der Waals surface area contributed by atoms with E-state index in [4.69, 9.17) is 4.74 Å². The number of nitrogens with zero attached hydrogens (tertiary/aromatic N) is 1. The first-order valence-corrected chi connectivity index (χ1v) is 8.34. The summed E-state index contributed by atoms with van der Waals surface area (Å²) in [6, 6.07) is 0.907. The molecule has 3 fully saturated rings. The van der Waals surface area contributed by atoms with Crippen LogP contribution in [-0.4, -0.2) is 50.3 Å². The Bertz CT molecular complexity index is 280. The van der Waals surface area contributed by atoms with Crippen molar-refractivity contribution in [3.8, 4) is 0 Å². The van der Waals surface area contributed by atoms with Crippen LogP contribution in [0, 0.1) is 11.3 Å². The SMILES string of the molecule is CCCNCC1(CN(CC2CC2)C2CC2)CCOC1. The quantitative estimate of drug-likeness (QED) is 0.648. The molecule has 0 aromatic heterocycles. The van der Waals surface area contributed by atoms with Gasteiger partial charge in [-0.1, -0.05) is 6.92 Å². The zero-order valence-electron chi connectivity index (χ0n) is 12.5. The van der Waals surface area contributed by atoms with Gasteiger partial charge in [-0.25, -0.2) is 0 Å². The topological polar surface area (TPSA) is 24.5 Å². The Morgan fingerprint density at radius 2 is 2.11 bits per heavy atom. The molecule has 0 amide bonds. The molecule has 3 heteroatoms. The zero-order valence-corrected chi connectivity index (χ0v) is 12.5. The van der Waals surface area contributed by atoms with Crippen molar-refractivity contribution in [1.29, 1.82) is 0 Å². The molecule has 110 valence electrons. The molecule has 0 bridgehead atoms. The lowest BCUT2D eigenvalue weighted by atomic mass is 9.86. The molecule has 19 heavy (non-hydrogen) atoms. The monoisotopic (exact) mass is 266 g/mol. The van der Waals surface area contributed by atoms with E-state index in [2.05, 4.69) is 17.1 Å². The molecule has 0 radical (unpaired) electrons. The standard InChI is InChI=1S/C16H30N2O/c1-2-8-17-11-16(7-9-19-13-16)12-18(15-5-6-15)10-14-3-4-14/h14-15,17H,2-13H2,1H3. The van der Waals surface area contributed by atoms with Crippen LogP contribution in [0.1, 0.15) is 45.4 Å². The second-order valence-corrected chi connectivity index (χ2v) is 7.08. The lowest BCUT2D eigenvalue weighted by molar-refractivity contribution is 0.102. The van der Waals surface area contributed by atoms with Crippen molar-refractivity contribution < 1.29 is 4.74 Å². The van der Waals surface area contributed by atoms with Crippen LogP contribution in [0.15, 0.2) is 0 Å². The van der Waals surface area contributed by atoms with E-state index >= 15 is 0 Å². The molecule has 1 atom stereocenters. The summed E-state index contributed by atoms with van der Waals surface area (Å²) in [4.78, 5) is 2.81. The third-order valence-corrected chi connectivity index (χ3v) is 4.90. The van der Waals surface area contributed by atoms with Gasteiger partial charge in [0.05, 0.1) is 6.61 Å². The maximum absolute atomic E-state index is 5.75. The highest BCUT2D eigenvalue weighted by molar-refractivity contribution is 4.95. The maximum atomic E-state index is 5.75. The first-order chi connectivity index (χ1) is 9.31. The largest absolute Gasteiger partial charge is 0.381 e. The zero-order chi connectivity index (χ0) is 13.1. The lowest BCUT2D eigenvalue weighted by Gasteiger charge is -2.35. The van der Waals surface area contributed by atoms with E-state index in [0.717, 1.165) is 38.3 Å². The molecule has 2 saturated carbocycles. The number of rotatable bonds is 9.